The van der Waals surface area contributed by atoms with Gasteiger partial charge in [0.05, 0.1) is 12.0 Å². The number of hydrogen-bond donors (Lipinski definition) is 0. The first kappa shape index (κ1) is 11.8. The highest BCUT2D eigenvalue weighted by molar-refractivity contribution is 7.99. The molecule has 2 aliphatic rings. The molecule has 2 unspecified atom stereocenters. The molecule has 90 valence electrons. The predicted octanol–water partition coefficient (Wildman–Crippen LogP) is 0.429. The maximum Gasteiger partial charge on any atom is 0.227 e. The largest absolute Gasteiger partial charge is 0.340 e. The van der Waals surface area contributed by atoms with Crippen molar-refractivity contribution in [2.75, 3.05) is 31.1 Å². The fraction of sp³-hybridized carbons (Fsp3) is 0.818. The summed E-state index contributed by atoms with van der Waals surface area (Å²) in [6.07, 6.45) is 0. The molecule has 2 atom stereocenters. The number of thioether (sulfide) groups is 1. The van der Waals surface area contributed by atoms with Crippen LogP contribution in [0.2, 0.25) is 0 Å². The van der Waals surface area contributed by atoms with E-state index in [1.807, 2.05) is 28.5 Å². The molecule has 16 heavy (non-hydrogen) atoms. The number of rotatable bonds is 0. The quantitative estimate of drug-likeness (QED) is 0.618. The highest BCUT2D eigenvalue weighted by atomic mass is 32.2. The molecule has 0 aromatic carbocycles. The van der Waals surface area contributed by atoms with Gasteiger partial charge in [-0.25, -0.2) is 0 Å². The molecular weight excluding hydrogens is 224 g/mol. The van der Waals surface area contributed by atoms with Crippen molar-refractivity contribution in [3.63, 3.8) is 0 Å². The van der Waals surface area contributed by atoms with Crippen LogP contribution >= 0.6 is 11.8 Å². The van der Waals surface area contributed by atoms with Gasteiger partial charge in [-0.2, -0.15) is 11.8 Å². The van der Waals surface area contributed by atoms with Gasteiger partial charge in [0.1, 0.15) is 0 Å². The lowest BCUT2D eigenvalue weighted by atomic mass is 10.0. The van der Waals surface area contributed by atoms with Crippen molar-refractivity contribution in [3.05, 3.63) is 0 Å². The first-order valence-corrected chi connectivity index (χ1v) is 6.90. The summed E-state index contributed by atoms with van der Waals surface area (Å²) < 4.78 is 0. The van der Waals surface area contributed by atoms with E-state index >= 15 is 0 Å². The molecule has 2 heterocycles. The Kier molecular flexibility index (Phi) is 3.42. The molecule has 0 aromatic rings. The van der Waals surface area contributed by atoms with Crippen LogP contribution < -0.4 is 0 Å². The smallest absolute Gasteiger partial charge is 0.227 e. The summed E-state index contributed by atoms with van der Waals surface area (Å²) >= 11 is 1.84. The molecule has 2 amide bonds. The van der Waals surface area contributed by atoms with E-state index in [9.17, 15) is 9.59 Å². The number of carbonyl (C=O) groups is 2. The van der Waals surface area contributed by atoms with E-state index in [-0.39, 0.29) is 23.8 Å². The SMILES string of the molecule is CC(=O)N1CCN2CCSCC1C(C)C2=O. The average molecular weight is 242 g/mol. The van der Waals surface area contributed by atoms with Crippen molar-refractivity contribution in [2.45, 2.75) is 19.9 Å². The summed E-state index contributed by atoms with van der Waals surface area (Å²) in [6, 6.07) is 0.0836. The number of hydrogen-bond acceptors (Lipinski definition) is 3. The minimum Gasteiger partial charge on any atom is -0.340 e. The minimum absolute atomic E-state index is 0.0563. The van der Waals surface area contributed by atoms with Crippen LogP contribution in [0.15, 0.2) is 0 Å². The highest BCUT2D eigenvalue weighted by Crippen LogP contribution is 2.25. The Hall–Kier alpha value is -0.710. The third-order valence-corrected chi connectivity index (χ3v) is 4.54. The zero-order chi connectivity index (χ0) is 11.7. The molecule has 0 radical (unpaired) electrons. The van der Waals surface area contributed by atoms with Gasteiger partial charge in [0.15, 0.2) is 0 Å². The Balaban J connectivity index is 2.29. The fourth-order valence-electron chi connectivity index (χ4n) is 2.45. The third-order valence-electron chi connectivity index (χ3n) is 3.49. The van der Waals surface area contributed by atoms with Gasteiger partial charge in [0, 0.05) is 38.1 Å². The molecule has 0 aliphatic carbocycles. The van der Waals surface area contributed by atoms with Crippen molar-refractivity contribution in [3.8, 4) is 0 Å². The Morgan fingerprint density at radius 3 is 2.81 bits per heavy atom. The number of carbonyl (C=O) groups excluding carboxylic acids is 2. The van der Waals surface area contributed by atoms with E-state index in [0.29, 0.717) is 13.1 Å². The molecule has 0 aromatic heterocycles. The molecule has 2 fully saturated rings. The van der Waals surface area contributed by atoms with E-state index < -0.39 is 0 Å². The van der Waals surface area contributed by atoms with Crippen LogP contribution in [0.25, 0.3) is 0 Å². The molecule has 2 rings (SSSR count). The van der Waals surface area contributed by atoms with Crippen molar-refractivity contribution in [1.29, 1.82) is 0 Å². The van der Waals surface area contributed by atoms with Crippen LogP contribution in [-0.4, -0.2) is 58.8 Å². The van der Waals surface area contributed by atoms with Crippen LogP contribution in [-0.2, 0) is 9.59 Å². The zero-order valence-corrected chi connectivity index (χ0v) is 10.6. The summed E-state index contributed by atoms with van der Waals surface area (Å²) in [5, 5.41) is 0. The normalized spacial score (nSPS) is 31.0. The fourth-order valence-corrected chi connectivity index (χ4v) is 3.68. The first-order chi connectivity index (χ1) is 7.61. The summed E-state index contributed by atoms with van der Waals surface area (Å²) in [5.41, 5.74) is 0. The molecule has 0 spiro atoms. The van der Waals surface area contributed by atoms with Crippen LogP contribution in [0.5, 0.6) is 0 Å². The summed E-state index contributed by atoms with van der Waals surface area (Å²) in [4.78, 5) is 27.5. The lowest BCUT2D eigenvalue weighted by molar-refractivity contribution is -0.135. The Labute approximate surface area is 100 Å². The van der Waals surface area contributed by atoms with E-state index in [1.54, 1.807) is 6.92 Å². The second-order valence-electron chi connectivity index (χ2n) is 4.47. The van der Waals surface area contributed by atoms with Crippen molar-refractivity contribution < 1.29 is 9.59 Å². The topological polar surface area (TPSA) is 40.6 Å². The van der Waals surface area contributed by atoms with Gasteiger partial charge in [-0.1, -0.05) is 6.92 Å². The Morgan fingerprint density at radius 1 is 1.38 bits per heavy atom. The van der Waals surface area contributed by atoms with Gasteiger partial charge in [-0.05, 0) is 0 Å². The van der Waals surface area contributed by atoms with Gasteiger partial charge in [-0.3, -0.25) is 9.59 Å². The number of amides is 2. The lowest BCUT2D eigenvalue weighted by Crippen LogP contribution is -2.46. The van der Waals surface area contributed by atoms with Crippen LogP contribution in [0.4, 0.5) is 0 Å². The molecular formula is C11H18N2O2S. The Morgan fingerprint density at radius 2 is 2.12 bits per heavy atom. The minimum atomic E-state index is -0.0563. The molecule has 2 aliphatic heterocycles. The first-order valence-electron chi connectivity index (χ1n) is 5.75. The predicted molar refractivity (Wildman–Crippen MR) is 64.2 cm³/mol. The van der Waals surface area contributed by atoms with Crippen molar-refractivity contribution >= 4 is 23.6 Å². The second kappa shape index (κ2) is 4.65. The van der Waals surface area contributed by atoms with Gasteiger partial charge < -0.3 is 9.80 Å². The van der Waals surface area contributed by atoms with Gasteiger partial charge in [0.2, 0.25) is 11.8 Å². The van der Waals surface area contributed by atoms with Crippen LogP contribution in [0.1, 0.15) is 13.8 Å². The number of fused-ring (bicyclic) bond motifs is 3. The Bertz CT molecular complexity index is 308. The summed E-state index contributed by atoms with van der Waals surface area (Å²) in [7, 11) is 0. The second-order valence-corrected chi connectivity index (χ2v) is 5.62. The molecule has 5 heteroatoms. The van der Waals surface area contributed by atoms with E-state index in [1.165, 1.54) is 0 Å². The van der Waals surface area contributed by atoms with Crippen molar-refractivity contribution in [1.82, 2.24) is 9.80 Å². The molecule has 2 saturated heterocycles. The molecule has 0 saturated carbocycles. The van der Waals surface area contributed by atoms with Crippen LogP contribution in [0.3, 0.4) is 0 Å². The van der Waals surface area contributed by atoms with Gasteiger partial charge in [-0.15, -0.1) is 0 Å². The molecule has 4 nitrogen and oxygen atoms in total. The third kappa shape index (κ3) is 2.05. The van der Waals surface area contributed by atoms with Gasteiger partial charge in [0.25, 0.3) is 0 Å². The maximum absolute atomic E-state index is 12.1. The maximum atomic E-state index is 12.1. The van der Waals surface area contributed by atoms with Crippen LogP contribution in [0, 0.1) is 5.92 Å². The zero-order valence-electron chi connectivity index (χ0n) is 9.81. The highest BCUT2D eigenvalue weighted by Gasteiger charge is 2.37. The van der Waals surface area contributed by atoms with Gasteiger partial charge >= 0.3 is 0 Å². The standard InChI is InChI=1S/C11H18N2O2S/c1-8-10-7-16-6-5-12(11(8)15)3-4-13(10)9(2)14/h8,10H,3-7H2,1-2H3. The monoisotopic (exact) mass is 242 g/mol. The summed E-state index contributed by atoms with van der Waals surface area (Å²) in [5.74, 6) is 2.13. The average Bonchev–Trinajstić information content (AvgIpc) is 2.35. The number of nitrogens with zero attached hydrogens (tertiary/aromatic N) is 2. The summed E-state index contributed by atoms with van der Waals surface area (Å²) in [6.45, 7) is 5.76. The van der Waals surface area contributed by atoms with E-state index in [2.05, 4.69) is 0 Å². The van der Waals surface area contributed by atoms with E-state index in [0.717, 1.165) is 18.1 Å². The van der Waals surface area contributed by atoms with E-state index in [4.69, 9.17) is 0 Å². The van der Waals surface area contributed by atoms with Crippen molar-refractivity contribution in [2.24, 2.45) is 5.92 Å². The lowest BCUT2D eigenvalue weighted by Gasteiger charge is -2.32. The molecule has 0 N–H and O–H groups in total. The molecule has 2 bridgehead atoms.